The number of hydrogen-bond donors (Lipinski definition) is 1. The van der Waals surface area contributed by atoms with Gasteiger partial charge in [-0.25, -0.2) is 0 Å². The third kappa shape index (κ3) is 3.03. The Morgan fingerprint density at radius 3 is 2.89 bits per heavy atom. The maximum absolute atomic E-state index is 3.48. The lowest BCUT2D eigenvalue weighted by atomic mass is 10.1. The molecular weight excluding hydrogens is 222 g/mol. The number of anilines is 1. The van der Waals surface area contributed by atoms with Crippen molar-refractivity contribution < 1.29 is 0 Å². The lowest BCUT2D eigenvalue weighted by Gasteiger charge is -2.36. The summed E-state index contributed by atoms with van der Waals surface area (Å²) in [4.78, 5) is 4.84. The fourth-order valence-electron chi connectivity index (χ4n) is 2.61. The zero-order chi connectivity index (χ0) is 13.1. The summed E-state index contributed by atoms with van der Waals surface area (Å²) < 4.78 is 0. The van der Waals surface area contributed by atoms with Gasteiger partial charge in [-0.15, -0.1) is 0 Å². The molecule has 1 aromatic rings. The van der Waals surface area contributed by atoms with Gasteiger partial charge in [-0.05, 0) is 38.1 Å². The first-order valence-electron chi connectivity index (χ1n) is 6.77. The molecule has 1 saturated heterocycles. The number of likely N-dealkylation sites (N-methyl/N-ethyl adjacent to an activating group) is 2. The molecule has 1 heterocycles. The van der Waals surface area contributed by atoms with Crippen LogP contribution in [0.25, 0.3) is 0 Å². The van der Waals surface area contributed by atoms with Crippen LogP contribution in [0.5, 0.6) is 0 Å². The van der Waals surface area contributed by atoms with Crippen LogP contribution < -0.4 is 10.2 Å². The normalized spacial score (nSPS) is 21.0. The zero-order valence-electron chi connectivity index (χ0n) is 12.0. The molecule has 0 amide bonds. The average Bonchev–Trinajstić information content (AvgIpc) is 2.35. The van der Waals surface area contributed by atoms with E-state index < -0.39 is 0 Å². The number of piperazine rings is 1. The first-order chi connectivity index (χ1) is 8.58. The minimum absolute atomic E-state index is 0.601. The van der Waals surface area contributed by atoms with Crippen LogP contribution in [-0.4, -0.2) is 51.2 Å². The summed E-state index contributed by atoms with van der Waals surface area (Å²) >= 11 is 0. The lowest BCUT2D eigenvalue weighted by molar-refractivity contribution is 0.204. The molecular formula is C15H25N3. The Hall–Kier alpha value is -1.06. The Kier molecular flexibility index (Phi) is 4.25. The Balaban J connectivity index is 2.06. The third-order valence-electron chi connectivity index (χ3n) is 3.91. The highest BCUT2D eigenvalue weighted by molar-refractivity contribution is 5.54. The van der Waals surface area contributed by atoms with Crippen molar-refractivity contribution in [3.63, 3.8) is 0 Å². The highest BCUT2D eigenvalue weighted by Crippen LogP contribution is 2.21. The van der Waals surface area contributed by atoms with Gasteiger partial charge < -0.3 is 10.2 Å². The largest absolute Gasteiger partial charge is 0.373 e. The zero-order valence-corrected chi connectivity index (χ0v) is 12.0. The van der Waals surface area contributed by atoms with E-state index in [0.717, 1.165) is 26.2 Å². The smallest absolute Gasteiger partial charge is 0.0396 e. The molecule has 100 valence electrons. The molecule has 0 aliphatic carbocycles. The molecule has 0 aromatic heterocycles. The summed E-state index contributed by atoms with van der Waals surface area (Å²) in [7, 11) is 4.42. The first-order valence-corrected chi connectivity index (χ1v) is 6.77. The molecule has 0 bridgehead atoms. The van der Waals surface area contributed by atoms with Gasteiger partial charge in [0, 0.05) is 45.0 Å². The maximum atomic E-state index is 3.48. The van der Waals surface area contributed by atoms with Crippen LogP contribution in [0.3, 0.4) is 0 Å². The summed E-state index contributed by atoms with van der Waals surface area (Å²) in [6.07, 6.45) is 0. The molecule has 1 fully saturated rings. The van der Waals surface area contributed by atoms with E-state index in [9.17, 15) is 0 Å². The van der Waals surface area contributed by atoms with Crippen LogP contribution in [-0.2, 0) is 0 Å². The molecule has 3 nitrogen and oxygen atoms in total. The summed E-state index contributed by atoms with van der Waals surface area (Å²) in [5.74, 6) is 0. The Morgan fingerprint density at radius 2 is 2.17 bits per heavy atom. The Labute approximate surface area is 111 Å². The second kappa shape index (κ2) is 5.72. The molecule has 1 aliphatic heterocycles. The molecule has 0 radical (unpaired) electrons. The number of rotatable bonds is 3. The SMILES string of the molecule is Cc1ccc(C)c(N(C)CC2CNCCN2C)c1. The maximum Gasteiger partial charge on any atom is 0.0396 e. The molecule has 0 spiro atoms. The van der Waals surface area contributed by atoms with Gasteiger partial charge in [-0.1, -0.05) is 12.1 Å². The van der Waals surface area contributed by atoms with E-state index in [1.807, 2.05) is 0 Å². The second-order valence-electron chi connectivity index (χ2n) is 5.51. The topological polar surface area (TPSA) is 18.5 Å². The van der Waals surface area contributed by atoms with Gasteiger partial charge in [-0.2, -0.15) is 0 Å². The van der Waals surface area contributed by atoms with E-state index in [-0.39, 0.29) is 0 Å². The number of aryl methyl sites for hydroxylation is 2. The fourth-order valence-corrected chi connectivity index (χ4v) is 2.61. The van der Waals surface area contributed by atoms with Crippen molar-refractivity contribution in [2.45, 2.75) is 19.9 Å². The van der Waals surface area contributed by atoms with E-state index in [1.165, 1.54) is 16.8 Å². The molecule has 3 heteroatoms. The quantitative estimate of drug-likeness (QED) is 0.876. The van der Waals surface area contributed by atoms with Crippen molar-refractivity contribution in [2.75, 3.05) is 45.2 Å². The van der Waals surface area contributed by atoms with Crippen LogP contribution in [0.15, 0.2) is 18.2 Å². The Morgan fingerprint density at radius 1 is 1.39 bits per heavy atom. The minimum Gasteiger partial charge on any atom is -0.373 e. The van der Waals surface area contributed by atoms with Gasteiger partial charge in [0.2, 0.25) is 0 Å². The first kappa shape index (κ1) is 13.4. The van der Waals surface area contributed by atoms with Crippen LogP contribution in [0, 0.1) is 13.8 Å². The average molecular weight is 247 g/mol. The van der Waals surface area contributed by atoms with Crippen LogP contribution in [0.2, 0.25) is 0 Å². The number of hydrogen-bond acceptors (Lipinski definition) is 3. The third-order valence-corrected chi connectivity index (χ3v) is 3.91. The van der Waals surface area contributed by atoms with Crippen molar-refractivity contribution in [2.24, 2.45) is 0 Å². The van der Waals surface area contributed by atoms with E-state index >= 15 is 0 Å². The van der Waals surface area contributed by atoms with Gasteiger partial charge in [0.25, 0.3) is 0 Å². The monoisotopic (exact) mass is 247 g/mol. The lowest BCUT2D eigenvalue weighted by Crippen LogP contribution is -2.53. The summed E-state index contributed by atoms with van der Waals surface area (Å²) in [6, 6.07) is 7.28. The molecule has 1 N–H and O–H groups in total. The highest BCUT2D eigenvalue weighted by Gasteiger charge is 2.20. The number of nitrogens with zero attached hydrogens (tertiary/aromatic N) is 2. The second-order valence-corrected chi connectivity index (χ2v) is 5.51. The molecule has 2 rings (SSSR count). The van der Waals surface area contributed by atoms with E-state index in [4.69, 9.17) is 0 Å². The fraction of sp³-hybridized carbons (Fsp3) is 0.600. The van der Waals surface area contributed by atoms with Crippen LogP contribution in [0.1, 0.15) is 11.1 Å². The highest BCUT2D eigenvalue weighted by atomic mass is 15.2. The van der Waals surface area contributed by atoms with E-state index in [0.29, 0.717) is 6.04 Å². The van der Waals surface area contributed by atoms with Crippen molar-refractivity contribution in [3.05, 3.63) is 29.3 Å². The minimum atomic E-state index is 0.601. The van der Waals surface area contributed by atoms with Gasteiger partial charge in [0.05, 0.1) is 0 Å². The van der Waals surface area contributed by atoms with Gasteiger partial charge in [0.1, 0.15) is 0 Å². The van der Waals surface area contributed by atoms with Crippen molar-refractivity contribution >= 4 is 5.69 Å². The summed E-state index contributed by atoms with van der Waals surface area (Å²) in [5, 5.41) is 3.48. The van der Waals surface area contributed by atoms with Crippen LogP contribution in [0.4, 0.5) is 5.69 Å². The molecule has 18 heavy (non-hydrogen) atoms. The van der Waals surface area contributed by atoms with E-state index in [2.05, 4.69) is 61.3 Å². The summed E-state index contributed by atoms with van der Waals surface area (Å²) in [6.45, 7) is 8.77. The van der Waals surface area contributed by atoms with E-state index in [1.54, 1.807) is 0 Å². The predicted molar refractivity (Wildman–Crippen MR) is 78.5 cm³/mol. The van der Waals surface area contributed by atoms with Crippen molar-refractivity contribution in [1.82, 2.24) is 10.2 Å². The molecule has 1 aromatic carbocycles. The Bertz CT molecular complexity index is 403. The van der Waals surface area contributed by atoms with Gasteiger partial charge in [-0.3, -0.25) is 4.90 Å². The predicted octanol–water partition coefficient (Wildman–Crippen LogP) is 1.64. The number of benzene rings is 1. The van der Waals surface area contributed by atoms with Crippen LogP contribution >= 0.6 is 0 Å². The molecule has 1 aliphatic rings. The van der Waals surface area contributed by atoms with Crippen molar-refractivity contribution in [1.29, 1.82) is 0 Å². The molecule has 1 atom stereocenters. The molecule has 1 unspecified atom stereocenters. The number of nitrogens with one attached hydrogen (secondary N) is 1. The standard InChI is InChI=1S/C15H25N3/c1-12-5-6-13(2)15(9-12)18(4)11-14-10-16-7-8-17(14)3/h5-6,9,14,16H,7-8,10-11H2,1-4H3. The summed E-state index contributed by atoms with van der Waals surface area (Å²) in [5.41, 5.74) is 4.04. The van der Waals surface area contributed by atoms with Crippen molar-refractivity contribution in [3.8, 4) is 0 Å². The van der Waals surface area contributed by atoms with Gasteiger partial charge in [0.15, 0.2) is 0 Å². The van der Waals surface area contributed by atoms with Gasteiger partial charge >= 0.3 is 0 Å². The molecule has 0 saturated carbocycles.